The van der Waals surface area contributed by atoms with Crippen molar-refractivity contribution in [2.45, 2.75) is 19.3 Å². The van der Waals surface area contributed by atoms with Crippen molar-refractivity contribution in [1.82, 2.24) is 20.5 Å². The van der Waals surface area contributed by atoms with Crippen LogP contribution in [0.4, 0.5) is 13.2 Å². The van der Waals surface area contributed by atoms with Crippen molar-refractivity contribution in [3.63, 3.8) is 0 Å². The molecule has 0 aliphatic heterocycles. The third kappa shape index (κ3) is 4.88. The van der Waals surface area contributed by atoms with Crippen molar-refractivity contribution in [3.8, 4) is 5.75 Å². The Bertz CT molecular complexity index is 510. The van der Waals surface area contributed by atoms with Gasteiger partial charge in [0.1, 0.15) is 17.9 Å². The van der Waals surface area contributed by atoms with Gasteiger partial charge in [0.15, 0.2) is 0 Å². The number of aromatic nitrogens is 3. The first-order valence-corrected chi connectivity index (χ1v) is 5.92. The molecule has 0 unspecified atom stereocenters. The van der Waals surface area contributed by atoms with Gasteiger partial charge in [-0.05, 0) is 17.7 Å². The molecule has 0 aliphatic carbocycles. The number of H-pyrrole nitrogens is 1. The van der Waals surface area contributed by atoms with Crippen LogP contribution in [0.3, 0.4) is 0 Å². The third-order valence-corrected chi connectivity index (χ3v) is 2.49. The van der Waals surface area contributed by atoms with Crippen LogP contribution in [0.1, 0.15) is 11.4 Å². The molecule has 108 valence electrons. The van der Waals surface area contributed by atoms with Crippen molar-refractivity contribution in [1.29, 1.82) is 0 Å². The summed E-state index contributed by atoms with van der Waals surface area (Å²) in [6, 6.07) is 5.76. The van der Waals surface area contributed by atoms with Crippen LogP contribution >= 0.6 is 0 Å². The highest BCUT2D eigenvalue weighted by Gasteiger charge is 2.30. The largest absolute Gasteiger partial charge is 0.573 e. The molecule has 1 aromatic heterocycles. The zero-order valence-corrected chi connectivity index (χ0v) is 10.4. The lowest BCUT2D eigenvalue weighted by molar-refractivity contribution is -0.274. The van der Waals surface area contributed by atoms with Crippen LogP contribution in [0.5, 0.6) is 5.75 Å². The molecule has 2 aromatic rings. The van der Waals surface area contributed by atoms with E-state index in [1.165, 1.54) is 18.5 Å². The smallest absolute Gasteiger partial charge is 0.406 e. The minimum Gasteiger partial charge on any atom is -0.406 e. The number of halogens is 3. The van der Waals surface area contributed by atoms with Crippen molar-refractivity contribution < 1.29 is 17.9 Å². The SMILES string of the molecule is FC(F)(F)Oc1ccc(CNCCc2ncn[nH]2)cc1. The fourth-order valence-corrected chi connectivity index (χ4v) is 1.60. The van der Waals surface area contributed by atoms with Gasteiger partial charge in [-0.2, -0.15) is 5.10 Å². The average Bonchev–Trinajstić information content (AvgIpc) is 2.88. The second-order valence-corrected chi connectivity index (χ2v) is 4.05. The Morgan fingerprint density at radius 1 is 1.20 bits per heavy atom. The number of hydrogen-bond donors (Lipinski definition) is 2. The molecule has 0 bridgehead atoms. The van der Waals surface area contributed by atoms with Crippen molar-refractivity contribution >= 4 is 0 Å². The van der Waals surface area contributed by atoms with Gasteiger partial charge in [-0.25, -0.2) is 4.98 Å². The molecule has 0 atom stereocenters. The summed E-state index contributed by atoms with van der Waals surface area (Å²) in [5, 5.41) is 9.63. The molecule has 1 heterocycles. The van der Waals surface area contributed by atoms with E-state index in [1.807, 2.05) is 0 Å². The van der Waals surface area contributed by atoms with Crippen LogP contribution in [-0.2, 0) is 13.0 Å². The molecule has 0 spiro atoms. The first kappa shape index (κ1) is 14.3. The van der Waals surface area contributed by atoms with Crippen molar-refractivity contribution in [2.75, 3.05) is 6.54 Å². The van der Waals surface area contributed by atoms with E-state index in [-0.39, 0.29) is 5.75 Å². The zero-order valence-electron chi connectivity index (χ0n) is 10.4. The van der Waals surface area contributed by atoms with E-state index < -0.39 is 6.36 Å². The second kappa shape index (κ2) is 6.38. The fourth-order valence-electron chi connectivity index (χ4n) is 1.60. The maximum absolute atomic E-state index is 12.0. The van der Waals surface area contributed by atoms with Crippen LogP contribution in [0.15, 0.2) is 30.6 Å². The van der Waals surface area contributed by atoms with Gasteiger partial charge in [-0.15, -0.1) is 13.2 Å². The number of nitrogens with one attached hydrogen (secondary N) is 2. The molecule has 0 amide bonds. The summed E-state index contributed by atoms with van der Waals surface area (Å²) < 4.78 is 39.7. The fraction of sp³-hybridized carbons (Fsp3) is 0.333. The van der Waals surface area contributed by atoms with Crippen LogP contribution in [-0.4, -0.2) is 28.1 Å². The summed E-state index contributed by atoms with van der Waals surface area (Å²) in [6.45, 7) is 1.25. The lowest BCUT2D eigenvalue weighted by Crippen LogP contribution is -2.18. The van der Waals surface area contributed by atoms with E-state index in [1.54, 1.807) is 12.1 Å². The lowest BCUT2D eigenvalue weighted by atomic mass is 10.2. The summed E-state index contributed by atoms with van der Waals surface area (Å²) >= 11 is 0. The molecule has 5 nitrogen and oxygen atoms in total. The highest BCUT2D eigenvalue weighted by Crippen LogP contribution is 2.22. The molecule has 0 saturated heterocycles. The Hall–Kier alpha value is -2.09. The number of hydrogen-bond acceptors (Lipinski definition) is 4. The average molecular weight is 286 g/mol. The summed E-state index contributed by atoms with van der Waals surface area (Å²) in [4.78, 5) is 3.98. The number of benzene rings is 1. The lowest BCUT2D eigenvalue weighted by Gasteiger charge is -2.09. The molecule has 2 rings (SSSR count). The molecule has 2 N–H and O–H groups in total. The molecule has 8 heteroatoms. The Morgan fingerprint density at radius 3 is 2.55 bits per heavy atom. The van der Waals surface area contributed by atoms with Gasteiger partial charge in [0.2, 0.25) is 0 Å². The topological polar surface area (TPSA) is 62.8 Å². The Morgan fingerprint density at radius 2 is 1.95 bits per heavy atom. The van der Waals surface area contributed by atoms with Crippen molar-refractivity contribution in [3.05, 3.63) is 42.0 Å². The molecule has 0 fully saturated rings. The quantitative estimate of drug-likeness (QED) is 0.798. The first-order chi connectivity index (χ1) is 9.53. The van der Waals surface area contributed by atoms with Crippen molar-refractivity contribution in [2.24, 2.45) is 0 Å². The van der Waals surface area contributed by atoms with Gasteiger partial charge in [0.25, 0.3) is 0 Å². The zero-order chi connectivity index (χ0) is 14.4. The predicted molar refractivity (Wildman–Crippen MR) is 64.9 cm³/mol. The van der Waals surface area contributed by atoms with Gasteiger partial charge in [0, 0.05) is 19.5 Å². The van der Waals surface area contributed by atoms with Crippen LogP contribution in [0.2, 0.25) is 0 Å². The maximum Gasteiger partial charge on any atom is 0.573 e. The van der Waals surface area contributed by atoms with E-state index >= 15 is 0 Å². The monoisotopic (exact) mass is 286 g/mol. The standard InChI is InChI=1S/C12H13F3N4O/c13-12(14,15)20-10-3-1-9(2-4-10)7-16-6-5-11-17-8-18-19-11/h1-4,8,16H,5-7H2,(H,17,18,19). The summed E-state index contributed by atoms with van der Waals surface area (Å²) in [7, 11) is 0. The number of ether oxygens (including phenoxy) is 1. The Kier molecular flexibility index (Phi) is 4.57. The summed E-state index contributed by atoms with van der Waals surface area (Å²) in [5.74, 6) is 0.564. The summed E-state index contributed by atoms with van der Waals surface area (Å²) in [5.41, 5.74) is 0.872. The Labute approximate surface area is 113 Å². The van der Waals surface area contributed by atoms with Crippen LogP contribution in [0, 0.1) is 0 Å². The van der Waals surface area contributed by atoms with Crippen LogP contribution in [0.25, 0.3) is 0 Å². The normalized spacial score (nSPS) is 11.6. The number of nitrogens with zero attached hydrogens (tertiary/aromatic N) is 2. The summed E-state index contributed by atoms with van der Waals surface area (Å²) in [6.07, 6.45) is -2.51. The number of aromatic amines is 1. The van der Waals surface area contributed by atoms with Gasteiger partial charge in [0.05, 0.1) is 0 Å². The minimum atomic E-state index is -4.66. The number of rotatable bonds is 6. The van der Waals surface area contributed by atoms with E-state index in [4.69, 9.17) is 0 Å². The van der Waals surface area contributed by atoms with Gasteiger partial charge in [-0.3, -0.25) is 5.10 Å². The number of alkyl halides is 3. The Balaban J connectivity index is 1.73. The maximum atomic E-state index is 12.0. The third-order valence-electron chi connectivity index (χ3n) is 2.49. The highest BCUT2D eigenvalue weighted by atomic mass is 19.4. The molecule has 1 aromatic carbocycles. The molecular formula is C12H13F3N4O. The molecule has 0 radical (unpaired) electrons. The van der Waals surface area contributed by atoms with E-state index in [9.17, 15) is 13.2 Å². The molecule has 0 saturated carbocycles. The van der Waals surface area contributed by atoms with Gasteiger partial charge < -0.3 is 10.1 Å². The van der Waals surface area contributed by atoms with E-state index in [0.29, 0.717) is 19.5 Å². The molecular weight excluding hydrogens is 273 g/mol. The van der Waals surface area contributed by atoms with Crippen LogP contribution < -0.4 is 10.1 Å². The second-order valence-electron chi connectivity index (χ2n) is 4.05. The van der Waals surface area contributed by atoms with Gasteiger partial charge >= 0.3 is 6.36 Å². The molecule has 0 aliphatic rings. The van der Waals surface area contributed by atoms with E-state index in [0.717, 1.165) is 11.4 Å². The van der Waals surface area contributed by atoms with E-state index in [2.05, 4.69) is 25.2 Å². The predicted octanol–water partition coefficient (Wildman–Crippen LogP) is 2.04. The first-order valence-electron chi connectivity index (χ1n) is 5.92. The molecule has 20 heavy (non-hydrogen) atoms. The highest BCUT2D eigenvalue weighted by molar-refractivity contribution is 5.27. The van der Waals surface area contributed by atoms with Gasteiger partial charge in [-0.1, -0.05) is 12.1 Å². The minimum absolute atomic E-state index is 0.220.